The van der Waals surface area contributed by atoms with Crippen LogP contribution in [-0.4, -0.2) is 42.6 Å². The average molecular weight is 352 g/mol. The van der Waals surface area contributed by atoms with Gasteiger partial charge in [-0.1, -0.05) is 12.1 Å². The molecule has 1 saturated heterocycles. The van der Waals surface area contributed by atoms with Crippen LogP contribution < -0.4 is 15.1 Å². The molecule has 5 heteroatoms. The lowest BCUT2D eigenvalue weighted by Gasteiger charge is -2.37. The Morgan fingerprint density at radius 1 is 1.00 bits per heavy atom. The van der Waals surface area contributed by atoms with E-state index in [-0.39, 0.29) is 11.4 Å². The number of benzene rings is 1. The van der Waals surface area contributed by atoms with E-state index in [4.69, 9.17) is 0 Å². The molecule has 3 rings (SSSR count). The van der Waals surface area contributed by atoms with E-state index in [1.807, 2.05) is 32.9 Å². The normalized spacial score (nSPS) is 15.1. The van der Waals surface area contributed by atoms with Crippen molar-refractivity contribution in [3.63, 3.8) is 0 Å². The molecule has 1 aromatic heterocycles. The molecule has 1 N–H and O–H groups in total. The van der Waals surface area contributed by atoms with Gasteiger partial charge in [0.1, 0.15) is 5.69 Å². The maximum atomic E-state index is 12.4. The number of carbonyl (C=O) groups is 1. The molecule has 1 aromatic carbocycles. The molecule has 0 aliphatic carbocycles. The summed E-state index contributed by atoms with van der Waals surface area (Å²) in [6.45, 7) is 11.8. The molecule has 0 unspecified atom stereocenters. The van der Waals surface area contributed by atoms with Gasteiger partial charge in [-0.2, -0.15) is 0 Å². The molecular weight excluding hydrogens is 324 g/mol. The summed E-state index contributed by atoms with van der Waals surface area (Å²) in [5.74, 6) is -0.127. The van der Waals surface area contributed by atoms with Crippen LogP contribution in [0.5, 0.6) is 0 Å². The highest BCUT2D eigenvalue weighted by atomic mass is 16.2. The quantitative estimate of drug-likeness (QED) is 0.921. The van der Waals surface area contributed by atoms with Gasteiger partial charge in [-0.3, -0.25) is 9.78 Å². The minimum Gasteiger partial charge on any atom is -0.368 e. The standard InChI is InChI=1S/C21H28N4O/c1-16-6-5-7-17(14-16)24-10-12-25(13-11-24)18-8-9-22-19(15-18)20(26)23-21(2,3)4/h5-9,14-15H,10-13H2,1-4H3,(H,23,26). The second kappa shape index (κ2) is 7.36. The first-order valence-corrected chi connectivity index (χ1v) is 9.17. The number of amides is 1. The van der Waals surface area contributed by atoms with Crippen LogP contribution in [0.1, 0.15) is 36.8 Å². The number of carbonyl (C=O) groups excluding carboxylic acids is 1. The van der Waals surface area contributed by atoms with Crippen LogP contribution in [-0.2, 0) is 0 Å². The van der Waals surface area contributed by atoms with Gasteiger partial charge in [0.15, 0.2) is 0 Å². The molecule has 138 valence electrons. The van der Waals surface area contributed by atoms with Gasteiger partial charge in [-0.15, -0.1) is 0 Å². The second-order valence-corrected chi connectivity index (χ2v) is 7.92. The largest absolute Gasteiger partial charge is 0.368 e. The number of anilines is 2. The maximum absolute atomic E-state index is 12.4. The molecule has 2 aromatic rings. The molecule has 26 heavy (non-hydrogen) atoms. The third-order valence-electron chi connectivity index (χ3n) is 4.48. The van der Waals surface area contributed by atoms with E-state index in [0.29, 0.717) is 5.69 Å². The zero-order valence-corrected chi connectivity index (χ0v) is 16.1. The van der Waals surface area contributed by atoms with Crippen molar-refractivity contribution >= 4 is 17.3 Å². The summed E-state index contributed by atoms with van der Waals surface area (Å²) in [4.78, 5) is 21.3. The molecule has 1 fully saturated rings. The summed E-state index contributed by atoms with van der Waals surface area (Å²) in [5.41, 5.74) is 3.83. The average Bonchev–Trinajstić information content (AvgIpc) is 2.60. The molecule has 0 saturated carbocycles. The van der Waals surface area contributed by atoms with Crippen LogP contribution in [0.25, 0.3) is 0 Å². The van der Waals surface area contributed by atoms with Crippen molar-refractivity contribution in [2.75, 3.05) is 36.0 Å². The molecule has 1 aliphatic rings. The topological polar surface area (TPSA) is 48.5 Å². The smallest absolute Gasteiger partial charge is 0.270 e. The monoisotopic (exact) mass is 352 g/mol. The van der Waals surface area contributed by atoms with Crippen molar-refractivity contribution in [3.05, 3.63) is 53.9 Å². The van der Waals surface area contributed by atoms with Gasteiger partial charge < -0.3 is 15.1 Å². The minimum atomic E-state index is -0.270. The Kier molecular flexibility index (Phi) is 5.16. The Balaban J connectivity index is 1.66. The first-order chi connectivity index (χ1) is 12.3. The summed E-state index contributed by atoms with van der Waals surface area (Å²) in [7, 11) is 0. The van der Waals surface area contributed by atoms with Gasteiger partial charge in [0.05, 0.1) is 0 Å². The molecule has 0 bridgehead atoms. The highest BCUT2D eigenvalue weighted by Crippen LogP contribution is 2.21. The first kappa shape index (κ1) is 18.2. The predicted octanol–water partition coefficient (Wildman–Crippen LogP) is 3.24. The van der Waals surface area contributed by atoms with E-state index in [1.54, 1.807) is 6.20 Å². The van der Waals surface area contributed by atoms with E-state index < -0.39 is 0 Å². The predicted molar refractivity (Wildman–Crippen MR) is 107 cm³/mol. The van der Waals surface area contributed by atoms with E-state index in [1.165, 1.54) is 11.3 Å². The fourth-order valence-corrected chi connectivity index (χ4v) is 3.19. The maximum Gasteiger partial charge on any atom is 0.270 e. The number of piperazine rings is 1. The fraction of sp³-hybridized carbons (Fsp3) is 0.429. The number of pyridine rings is 1. The van der Waals surface area contributed by atoms with Crippen LogP contribution >= 0.6 is 0 Å². The van der Waals surface area contributed by atoms with Crippen molar-refractivity contribution in [2.24, 2.45) is 0 Å². The lowest BCUT2D eigenvalue weighted by molar-refractivity contribution is 0.0914. The molecule has 0 spiro atoms. The number of aryl methyl sites for hydroxylation is 1. The summed E-state index contributed by atoms with van der Waals surface area (Å²) in [6, 6.07) is 12.5. The molecule has 5 nitrogen and oxygen atoms in total. The highest BCUT2D eigenvalue weighted by molar-refractivity contribution is 5.93. The Morgan fingerprint density at radius 3 is 2.19 bits per heavy atom. The van der Waals surface area contributed by atoms with Gasteiger partial charge in [-0.05, 0) is 57.5 Å². The molecule has 1 aliphatic heterocycles. The highest BCUT2D eigenvalue weighted by Gasteiger charge is 2.20. The third kappa shape index (κ3) is 4.54. The van der Waals surface area contributed by atoms with Crippen molar-refractivity contribution in [1.82, 2.24) is 10.3 Å². The van der Waals surface area contributed by atoms with Crippen molar-refractivity contribution in [2.45, 2.75) is 33.2 Å². The van der Waals surface area contributed by atoms with Crippen LogP contribution in [0.2, 0.25) is 0 Å². The van der Waals surface area contributed by atoms with Gasteiger partial charge in [-0.25, -0.2) is 0 Å². The first-order valence-electron chi connectivity index (χ1n) is 9.17. The Bertz CT molecular complexity index is 774. The number of hydrogen-bond acceptors (Lipinski definition) is 4. The van der Waals surface area contributed by atoms with Crippen LogP contribution in [0, 0.1) is 6.92 Å². The van der Waals surface area contributed by atoms with E-state index >= 15 is 0 Å². The van der Waals surface area contributed by atoms with Crippen molar-refractivity contribution in [1.29, 1.82) is 0 Å². The number of aromatic nitrogens is 1. The second-order valence-electron chi connectivity index (χ2n) is 7.92. The van der Waals surface area contributed by atoms with Gasteiger partial charge in [0, 0.05) is 49.3 Å². The Morgan fingerprint density at radius 2 is 1.62 bits per heavy atom. The summed E-state index contributed by atoms with van der Waals surface area (Å²) in [6.07, 6.45) is 1.72. The van der Waals surface area contributed by atoms with E-state index in [9.17, 15) is 4.79 Å². The van der Waals surface area contributed by atoms with Gasteiger partial charge in [0.2, 0.25) is 0 Å². The lowest BCUT2D eigenvalue weighted by atomic mass is 10.1. The minimum absolute atomic E-state index is 0.127. The van der Waals surface area contributed by atoms with E-state index in [2.05, 4.69) is 51.3 Å². The molecule has 1 amide bonds. The number of nitrogens with zero attached hydrogens (tertiary/aromatic N) is 3. The van der Waals surface area contributed by atoms with Crippen molar-refractivity contribution in [3.8, 4) is 0 Å². The number of hydrogen-bond donors (Lipinski definition) is 1. The molecule has 0 atom stereocenters. The zero-order chi connectivity index (χ0) is 18.7. The fourth-order valence-electron chi connectivity index (χ4n) is 3.19. The molecule has 0 radical (unpaired) electrons. The third-order valence-corrected chi connectivity index (χ3v) is 4.48. The Hall–Kier alpha value is -2.56. The number of rotatable bonds is 3. The molecule has 2 heterocycles. The van der Waals surface area contributed by atoms with Crippen LogP contribution in [0.4, 0.5) is 11.4 Å². The molecular formula is C21H28N4O. The van der Waals surface area contributed by atoms with Gasteiger partial charge >= 0.3 is 0 Å². The Labute approximate surface area is 156 Å². The number of nitrogens with one attached hydrogen (secondary N) is 1. The summed E-state index contributed by atoms with van der Waals surface area (Å²) < 4.78 is 0. The summed E-state index contributed by atoms with van der Waals surface area (Å²) in [5, 5.41) is 2.97. The SMILES string of the molecule is Cc1cccc(N2CCN(c3ccnc(C(=O)NC(C)(C)C)c3)CC2)c1. The van der Waals surface area contributed by atoms with Crippen LogP contribution in [0.15, 0.2) is 42.6 Å². The van der Waals surface area contributed by atoms with E-state index in [0.717, 1.165) is 31.9 Å². The van der Waals surface area contributed by atoms with Crippen molar-refractivity contribution < 1.29 is 4.79 Å². The summed E-state index contributed by atoms with van der Waals surface area (Å²) >= 11 is 0. The zero-order valence-electron chi connectivity index (χ0n) is 16.1. The lowest BCUT2D eigenvalue weighted by Crippen LogP contribution is -2.46. The van der Waals surface area contributed by atoms with Gasteiger partial charge in [0.25, 0.3) is 5.91 Å². The van der Waals surface area contributed by atoms with Crippen LogP contribution in [0.3, 0.4) is 0 Å².